The van der Waals surface area contributed by atoms with Crippen LogP contribution in [0.1, 0.15) is 13.8 Å². The van der Waals surface area contributed by atoms with Gasteiger partial charge >= 0.3 is 6.03 Å². The van der Waals surface area contributed by atoms with Crippen LogP contribution in [0.2, 0.25) is 0 Å². The minimum atomic E-state index is -0.845. The summed E-state index contributed by atoms with van der Waals surface area (Å²) >= 11 is 0. The van der Waals surface area contributed by atoms with Gasteiger partial charge in [-0.15, -0.1) is 0 Å². The van der Waals surface area contributed by atoms with E-state index in [2.05, 4.69) is 5.32 Å². The van der Waals surface area contributed by atoms with Gasteiger partial charge in [0, 0.05) is 13.7 Å². The third-order valence-electron chi connectivity index (χ3n) is 1.65. The molecule has 4 N–H and O–H groups in total. The Labute approximate surface area is 83.2 Å². The second-order valence-electron chi connectivity index (χ2n) is 3.48. The summed E-state index contributed by atoms with van der Waals surface area (Å²) in [5, 5.41) is 4.78. The number of nitrogens with two attached hydrogens (primary N) is 1. The molecule has 0 saturated heterocycles. The van der Waals surface area contributed by atoms with Gasteiger partial charge in [0.2, 0.25) is 5.91 Å². The lowest BCUT2D eigenvalue weighted by Crippen LogP contribution is -2.44. The molecule has 14 heavy (non-hydrogen) atoms. The summed E-state index contributed by atoms with van der Waals surface area (Å²) in [6.45, 7) is 4.31. The monoisotopic (exact) mass is 203 g/mol. The molecule has 0 aliphatic carbocycles. The van der Waals surface area contributed by atoms with E-state index in [-0.39, 0.29) is 12.1 Å². The third kappa shape index (κ3) is 6.38. The van der Waals surface area contributed by atoms with Gasteiger partial charge in [-0.05, 0) is 13.8 Å². The summed E-state index contributed by atoms with van der Waals surface area (Å²) < 4.78 is 5.11. The Morgan fingerprint density at radius 2 is 2.00 bits per heavy atom. The van der Waals surface area contributed by atoms with Crippen LogP contribution in [0.15, 0.2) is 0 Å². The highest BCUT2D eigenvalue weighted by Crippen LogP contribution is 2.03. The molecule has 0 fully saturated rings. The molecule has 0 aromatic rings. The highest BCUT2D eigenvalue weighted by atomic mass is 16.5. The highest BCUT2D eigenvalue weighted by Gasteiger charge is 2.15. The van der Waals surface area contributed by atoms with Crippen molar-refractivity contribution in [1.82, 2.24) is 10.6 Å². The molecule has 0 atom stereocenters. The normalized spacial score (nSPS) is 11.1. The fraction of sp³-hybridized carbons (Fsp3) is 0.750. The molecule has 0 bridgehead atoms. The number of amides is 3. The standard InChI is InChI=1S/C8H17N3O3/c1-8(2,14-3)5-10-4-6(12)11-7(9)13/h10H,4-5H2,1-3H3,(H3,9,11,12,13). The Morgan fingerprint density at radius 3 is 2.43 bits per heavy atom. The van der Waals surface area contributed by atoms with E-state index < -0.39 is 11.9 Å². The minimum Gasteiger partial charge on any atom is -0.377 e. The number of imide groups is 1. The zero-order valence-electron chi connectivity index (χ0n) is 8.72. The maximum atomic E-state index is 10.9. The molecule has 0 unspecified atom stereocenters. The lowest BCUT2D eigenvalue weighted by molar-refractivity contribution is -0.119. The molecular weight excluding hydrogens is 186 g/mol. The Morgan fingerprint density at radius 1 is 1.43 bits per heavy atom. The summed E-state index contributed by atoms with van der Waals surface area (Å²) in [5.74, 6) is -0.454. The summed E-state index contributed by atoms with van der Waals surface area (Å²) in [7, 11) is 1.59. The van der Waals surface area contributed by atoms with Gasteiger partial charge in [0.05, 0.1) is 12.1 Å². The van der Waals surface area contributed by atoms with Crippen molar-refractivity contribution in [3.63, 3.8) is 0 Å². The average Bonchev–Trinajstić information content (AvgIpc) is 2.02. The lowest BCUT2D eigenvalue weighted by atomic mass is 10.1. The van der Waals surface area contributed by atoms with Crippen LogP contribution in [0.25, 0.3) is 0 Å². The predicted octanol–water partition coefficient (Wildman–Crippen LogP) is -0.804. The summed E-state index contributed by atoms with van der Waals surface area (Å²) in [6.07, 6.45) is 0. The number of methoxy groups -OCH3 is 1. The number of nitrogens with one attached hydrogen (secondary N) is 2. The van der Waals surface area contributed by atoms with Crippen LogP contribution in [-0.4, -0.2) is 37.7 Å². The van der Waals surface area contributed by atoms with Crippen LogP contribution in [0.3, 0.4) is 0 Å². The first-order valence-electron chi connectivity index (χ1n) is 4.22. The molecule has 0 spiro atoms. The molecule has 0 heterocycles. The topological polar surface area (TPSA) is 93.4 Å². The maximum absolute atomic E-state index is 10.9. The second kappa shape index (κ2) is 5.56. The lowest BCUT2D eigenvalue weighted by Gasteiger charge is -2.22. The quantitative estimate of drug-likeness (QED) is 0.545. The maximum Gasteiger partial charge on any atom is 0.318 e. The summed E-state index contributed by atoms with van der Waals surface area (Å²) in [6, 6.07) is -0.845. The van der Waals surface area contributed by atoms with Crippen molar-refractivity contribution in [2.24, 2.45) is 5.73 Å². The average molecular weight is 203 g/mol. The van der Waals surface area contributed by atoms with Crippen LogP contribution in [-0.2, 0) is 9.53 Å². The first-order chi connectivity index (χ1) is 6.37. The first-order valence-corrected chi connectivity index (χ1v) is 4.22. The number of rotatable bonds is 5. The Hall–Kier alpha value is -1.14. The van der Waals surface area contributed by atoms with Crippen molar-refractivity contribution in [2.75, 3.05) is 20.2 Å². The third-order valence-corrected chi connectivity index (χ3v) is 1.65. The van der Waals surface area contributed by atoms with E-state index >= 15 is 0 Å². The molecule has 0 radical (unpaired) electrons. The van der Waals surface area contributed by atoms with E-state index in [1.54, 1.807) is 7.11 Å². The number of ether oxygens (including phenoxy) is 1. The van der Waals surface area contributed by atoms with Gasteiger partial charge in [0.15, 0.2) is 0 Å². The van der Waals surface area contributed by atoms with Crippen LogP contribution >= 0.6 is 0 Å². The molecule has 0 aliphatic heterocycles. The van der Waals surface area contributed by atoms with Crippen molar-refractivity contribution < 1.29 is 14.3 Å². The number of carbonyl (C=O) groups excluding carboxylic acids is 2. The molecule has 0 aromatic carbocycles. The van der Waals surface area contributed by atoms with E-state index in [4.69, 9.17) is 10.5 Å². The van der Waals surface area contributed by atoms with Crippen LogP contribution in [0.4, 0.5) is 4.79 Å². The van der Waals surface area contributed by atoms with Gasteiger partial charge in [0.1, 0.15) is 0 Å². The molecule has 0 rings (SSSR count). The molecular formula is C8H17N3O3. The smallest absolute Gasteiger partial charge is 0.318 e. The molecule has 0 aromatic heterocycles. The van der Waals surface area contributed by atoms with Crippen molar-refractivity contribution in [2.45, 2.75) is 19.4 Å². The fourth-order valence-corrected chi connectivity index (χ4v) is 0.731. The SMILES string of the molecule is COC(C)(C)CNCC(=O)NC(N)=O. The molecule has 0 saturated carbocycles. The zero-order valence-corrected chi connectivity index (χ0v) is 8.72. The molecule has 0 aliphatic rings. The van der Waals surface area contributed by atoms with E-state index in [0.717, 1.165) is 0 Å². The molecule has 3 amide bonds. The second-order valence-corrected chi connectivity index (χ2v) is 3.48. The van der Waals surface area contributed by atoms with Gasteiger partial charge in [0.25, 0.3) is 0 Å². The van der Waals surface area contributed by atoms with E-state index in [1.807, 2.05) is 19.2 Å². The summed E-state index contributed by atoms with van der Waals surface area (Å²) in [5.41, 5.74) is 4.41. The first kappa shape index (κ1) is 12.9. The van der Waals surface area contributed by atoms with E-state index in [1.165, 1.54) is 0 Å². The Bertz CT molecular complexity index is 216. The van der Waals surface area contributed by atoms with Crippen molar-refractivity contribution in [3.8, 4) is 0 Å². The van der Waals surface area contributed by atoms with E-state index in [9.17, 15) is 9.59 Å². The zero-order chi connectivity index (χ0) is 11.2. The Kier molecular flexibility index (Phi) is 5.11. The van der Waals surface area contributed by atoms with Gasteiger partial charge in [-0.25, -0.2) is 4.79 Å². The largest absolute Gasteiger partial charge is 0.377 e. The number of hydrogen-bond acceptors (Lipinski definition) is 4. The van der Waals surface area contributed by atoms with Crippen LogP contribution in [0.5, 0.6) is 0 Å². The van der Waals surface area contributed by atoms with Gasteiger partial charge in [-0.2, -0.15) is 0 Å². The van der Waals surface area contributed by atoms with Crippen LogP contribution in [0, 0.1) is 0 Å². The minimum absolute atomic E-state index is 0.0374. The molecule has 6 heteroatoms. The fourth-order valence-electron chi connectivity index (χ4n) is 0.731. The number of carbonyl (C=O) groups is 2. The van der Waals surface area contributed by atoms with Gasteiger partial charge in [-0.3, -0.25) is 10.1 Å². The van der Waals surface area contributed by atoms with Gasteiger partial charge < -0.3 is 15.8 Å². The van der Waals surface area contributed by atoms with Crippen molar-refractivity contribution in [1.29, 1.82) is 0 Å². The number of hydrogen-bond donors (Lipinski definition) is 3. The van der Waals surface area contributed by atoms with Crippen LogP contribution < -0.4 is 16.4 Å². The molecule has 6 nitrogen and oxygen atoms in total. The van der Waals surface area contributed by atoms with Gasteiger partial charge in [-0.1, -0.05) is 0 Å². The molecule has 82 valence electrons. The number of primary amides is 1. The Balaban J connectivity index is 3.64. The number of urea groups is 1. The van der Waals surface area contributed by atoms with E-state index in [0.29, 0.717) is 6.54 Å². The van der Waals surface area contributed by atoms with Crippen molar-refractivity contribution >= 4 is 11.9 Å². The highest BCUT2D eigenvalue weighted by molar-refractivity contribution is 5.94. The predicted molar refractivity (Wildman–Crippen MR) is 51.7 cm³/mol. The summed E-state index contributed by atoms with van der Waals surface area (Å²) in [4.78, 5) is 21.2. The van der Waals surface area contributed by atoms with Crippen molar-refractivity contribution in [3.05, 3.63) is 0 Å².